The number of nitrogens with zero attached hydrogens (tertiary/aromatic N) is 4. The van der Waals surface area contributed by atoms with E-state index in [4.69, 9.17) is 0 Å². The number of benzene rings is 1. The lowest BCUT2D eigenvalue weighted by molar-refractivity contribution is -0.138. The minimum Gasteiger partial charge on any atom is -0.368 e. The first kappa shape index (κ1) is 20.5. The van der Waals surface area contributed by atoms with E-state index >= 15 is 0 Å². The van der Waals surface area contributed by atoms with Crippen LogP contribution in [0.2, 0.25) is 0 Å². The Hall–Kier alpha value is -3.45. The van der Waals surface area contributed by atoms with Gasteiger partial charge in [-0.3, -0.25) is 19.5 Å². The summed E-state index contributed by atoms with van der Waals surface area (Å²) in [5.74, 6) is -0.426. The molecule has 4 heterocycles. The Bertz CT molecular complexity index is 1170. The van der Waals surface area contributed by atoms with Crippen molar-refractivity contribution < 1.29 is 9.59 Å². The molecule has 0 bridgehead atoms. The fourth-order valence-electron chi connectivity index (χ4n) is 4.33. The molecule has 0 radical (unpaired) electrons. The highest BCUT2D eigenvalue weighted by Gasteiger charge is 2.42. The summed E-state index contributed by atoms with van der Waals surface area (Å²) in [6, 6.07) is 16.0. The lowest BCUT2D eigenvalue weighted by Crippen LogP contribution is -2.47. The largest absolute Gasteiger partial charge is 0.368 e. The van der Waals surface area contributed by atoms with Gasteiger partial charge in [-0.15, -0.1) is 11.3 Å². The van der Waals surface area contributed by atoms with Crippen molar-refractivity contribution in [3.05, 3.63) is 88.0 Å². The number of carbonyl (C=O) groups excluding carboxylic acids is 2. The van der Waals surface area contributed by atoms with Crippen LogP contribution >= 0.6 is 11.3 Å². The molecule has 0 N–H and O–H groups in total. The van der Waals surface area contributed by atoms with Gasteiger partial charge < -0.3 is 9.80 Å². The summed E-state index contributed by atoms with van der Waals surface area (Å²) in [5, 5.41) is 1.94. The van der Waals surface area contributed by atoms with Crippen molar-refractivity contribution in [1.29, 1.82) is 0 Å². The van der Waals surface area contributed by atoms with Gasteiger partial charge in [0.2, 0.25) is 0 Å². The monoisotopic (exact) mass is 444 g/mol. The first-order valence-corrected chi connectivity index (χ1v) is 11.6. The smallest absolute Gasteiger partial charge is 0.278 e. The summed E-state index contributed by atoms with van der Waals surface area (Å²) in [4.78, 5) is 37.6. The lowest BCUT2D eigenvalue weighted by Gasteiger charge is -2.37. The number of anilines is 1. The average molecular weight is 445 g/mol. The van der Waals surface area contributed by atoms with Crippen LogP contribution in [0.4, 0.5) is 5.69 Å². The molecule has 6 nitrogen and oxygen atoms in total. The molecule has 1 fully saturated rings. The van der Waals surface area contributed by atoms with Gasteiger partial charge in [0.15, 0.2) is 0 Å². The standard InChI is InChI=1S/C25H24N4O2S/c1-18-4-2-5-20(16-18)27-11-13-28(14-12-27)23-22(21-6-3-15-32-21)24(30)29(25(23)31)17-19-7-9-26-10-8-19/h2-10,15-16H,11-14,17H2,1H3. The Balaban J connectivity index is 1.41. The molecule has 0 spiro atoms. The highest BCUT2D eigenvalue weighted by atomic mass is 32.1. The number of aryl methyl sites for hydroxylation is 1. The molecule has 2 aliphatic rings. The van der Waals surface area contributed by atoms with E-state index in [1.165, 1.54) is 27.5 Å². The van der Waals surface area contributed by atoms with Gasteiger partial charge >= 0.3 is 0 Å². The van der Waals surface area contributed by atoms with Crippen molar-refractivity contribution in [2.75, 3.05) is 31.1 Å². The van der Waals surface area contributed by atoms with E-state index in [-0.39, 0.29) is 18.4 Å². The van der Waals surface area contributed by atoms with Gasteiger partial charge in [-0.1, -0.05) is 18.2 Å². The lowest BCUT2D eigenvalue weighted by atomic mass is 10.1. The zero-order chi connectivity index (χ0) is 22.1. The fraction of sp³-hybridized carbons (Fsp3) is 0.240. The maximum atomic E-state index is 13.5. The van der Waals surface area contributed by atoms with Gasteiger partial charge in [0.05, 0.1) is 12.1 Å². The van der Waals surface area contributed by atoms with E-state index in [9.17, 15) is 9.59 Å². The zero-order valence-electron chi connectivity index (χ0n) is 17.9. The number of carbonyl (C=O) groups is 2. The van der Waals surface area contributed by atoms with Gasteiger partial charge in [-0.05, 0) is 53.8 Å². The van der Waals surface area contributed by atoms with Crippen LogP contribution in [-0.4, -0.2) is 52.8 Å². The van der Waals surface area contributed by atoms with E-state index in [1.807, 2.05) is 29.6 Å². The van der Waals surface area contributed by atoms with Crippen molar-refractivity contribution in [1.82, 2.24) is 14.8 Å². The van der Waals surface area contributed by atoms with Gasteiger partial charge in [-0.25, -0.2) is 0 Å². The third-order valence-corrected chi connectivity index (χ3v) is 6.85. The maximum Gasteiger partial charge on any atom is 0.278 e. The number of hydrogen-bond donors (Lipinski definition) is 0. The van der Waals surface area contributed by atoms with Crippen LogP contribution in [0.5, 0.6) is 0 Å². The van der Waals surface area contributed by atoms with Crippen molar-refractivity contribution in [2.45, 2.75) is 13.5 Å². The van der Waals surface area contributed by atoms with Gasteiger partial charge in [0.25, 0.3) is 11.8 Å². The predicted octanol–water partition coefficient (Wildman–Crippen LogP) is 3.55. The van der Waals surface area contributed by atoms with Gasteiger partial charge in [0, 0.05) is 49.1 Å². The van der Waals surface area contributed by atoms with Crippen LogP contribution in [0.3, 0.4) is 0 Å². The predicted molar refractivity (Wildman–Crippen MR) is 126 cm³/mol. The molecule has 2 aliphatic heterocycles. The average Bonchev–Trinajstić information content (AvgIpc) is 3.42. The van der Waals surface area contributed by atoms with Crippen LogP contribution < -0.4 is 4.90 Å². The van der Waals surface area contributed by atoms with Gasteiger partial charge in [-0.2, -0.15) is 0 Å². The SMILES string of the molecule is Cc1cccc(N2CCN(C3=C(c4cccs4)C(=O)N(Cc4ccncc4)C3=O)CC2)c1. The van der Waals surface area contributed by atoms with Crippen LogP contribution in [0.1, 0.15) is 16.0 Å². The number of rotatable bonds is 5. The molecule has 2 aromatic heterocycles. The molecule has 2 amide bonds. The van der Waals surface area contributed by atoms with E-state index in [0.29, 0.717) is 24.4 Å². The second kappa shape index (κ2) is 8.59. The molecule has 3 aromatic rings. The van der Waals surface area contributed by atoms with Crippen LogP contribution in [0.15, 0.2) is 72.0 Å². The number of thiophene rings is 1. The minimum absolute atomic E-state index is 0.209. The Kier molecular flexibility index (Phi) is 5.49. The molecule has 0 unspecified atom stereocenters. The Morgan fingerprint density at radius 1 is 0.906 bits per heavy atom. The van der Waals surface area contributed by atoms with Crippen LogP contribution in [-0.2, 0) is 16.1 Å². The van der Waals surface area contributed by atoms with E-state index < -0.39 is 0 Å². The molecule has 0 saturated carbocycles. The van der Waals surface area contributed by atoms with Crippen molar-refractivity contribution in [3.63, 3.8) is 0 Å². The van der Waals surface area contributed by atoms with Crippen molar-refractivity contribution in [2.24, 2.45) is 0 Å². The second-order valence-corrected chi connectivity index (χ2v) is 9.01. The molecular formula is C25H24N4O2S. The summed E-state index contributed by atoms with van der Waals surface area (Å²) in [6.45, 7) is 5.34. The topological polar surface area (TPSA) is 56.8 Å². The molecule has 0 aliphatic carbocycles. The summed E-state index contributed by atoms with van der Waals surface area (Å²) in [5.41, 5.74) is 4.39. The van der Waals surface area contributed by atoms with E-state index in [2.05, 4.69) is 46.0 Å². The second-order valence-electron chi connectivity index (χ2n) is 8.07. The van der Waals surface area contributed by atoms with Crippen LogP contribution in [0, 0.1) is 6.92 Å². The number of amides is 2. The summed E-state index contributed by atoms with van der Waals surface area (Å²) >= 11 is 1.50. The number of pyridine rings is 1. The quantitative estimate of drug-likeness (QED) is 0.564. The molecule has 32 heavy (non-hydrogen) atoms. The van der Waals surface area contributed by atoms with E-state index in [0.717, 1.165) is 23.5 Å². The Morgan fingerprint density at radius 3 is 2.34 bits per heavy atom. The maximum absolute atomic E-state index is 13.5. The third kappa shape index (κ3) is 3.80. The van der Waals surface area contributed by atoms with Crippen molar-refractivity contribution >= 4 is 34.4 Å². The molecule has 7 heteroatoms. The highest BCUT2D eigenvalue weighted by Crippen LogP contribution is 2.35. The fourth-order valence-corrected chi connectivity index (χ4v) is 5.09. The third-order valence-electron chi connectivity index (χ3n) is 5.96. The number of aromatic nitrogens is 1. The first-order valence-electron chi connectivity index (χ1n) is 10.7. The summed E-state index contributed by atoms with van der Waals surface area (Å²) < 4.78 is 0. The highest BCUT2D eigenvalue weighted by molar-refractivity contribution is 7.11. The van der Waals surface area contributed by atoms with Crippen molar-refractivity contribution in [3.8, 4) is 0 Å². The molecule has 1 saturated heterocycles. The van der Waals surface area contributed by atoms with E-state index in [1.54, 1.807) is 12.4 Å². The van der Waals surface area contributed by atoms with Crippen LogP contribution in [0.25, 0.3) is 5.57 Å². The Morgan fingerprint density at radius 2 is 1.66 bits per heavy atom. The number of piperazine rings is 1. The first-order chi connectivity index (χ1) is 15.6. The Labute approximate surface area is 191 Å². The number of imide groups is 1. The summed E-state index contributed by atoms with van der Waals surface area (Å²) in [7, 11) is 0. The van der Waals surface area contributed by atoms with Gasteiger partial charge in [0.1, 0.15) is 5.70 Å². The molecule has 5 rings (SSSR count). The molecule has 1 aromatic carbocycles. The minimum atomic E-state index is -0.217. The number of hydrogen-bond acceptors (Lipinski definition) is 6. The molecular weight excluding hydrogens is 420 g/mol. The normalized spacial score (nSPS) is 17.0. The molecule has 162 valence electrons. The molecule has 0 atom stereocenters. The zero-order valence-corrected chi connectivity index (χ0v) is 18.7. The summed E-state index contributed by atoms with van der Waals surface area (Å²) in [6.07, 6.45) is 3.36.